The molecular weight excluding hydrogens is 238 g/mol. The Bertz CT molecular complexity index is 379. The molecule has 3 nitrogen and oxygen atoms in total. The molecule has 1 aromatic rings. The van der Waals surface area contributed by atoms with Gasteiger partial charge in [0.25, 0.3) is 0 Å². The van der Waals surface area contributed by atoms with E-state index in [0.717, 1.165) is 31.0 Å². The van der Waals surface area contributed by atoms with Crippen molar-refractivity contribution >= 4 is 0 Å². The first kappa shape index (κ1) is 14.2. The molecule has 1 aliphatic rings. The normalized spacial score (nSPS) is 13.5. The zero-order chi connectivity index (χ0) is 13.3. The summed E-state index contributed by atoms with van der Waals surface area (Å²) in [7, 11) is 0. The highest BCUT2D eigenvalue weighted by molar-refractivity contribution is 5.43. The van der Waals surface area contributed by atoms with Crippen LogP contribution in [-0.4, -0.2) is 26.3 Å². The van der Waals surface area contributed by atoms with E-state index in [1.807, 2.05) is 6.07 Å². The van der Waals surface area contributed by atoms with E-state index in [9.17, 15) is 0 Å². The smallest absolute Gasteiger partial charge is 0.161 e. The molecule has 2 rings (SSSR count). The highest BCUT2D eigenvalue weighted by atomic mass is 16.6. The van der Waals surface area contributed by atoms with Crippen molar-refractivity contribution in [2.75, 3.05) is 26.3 Å². The summed E-state index contributed by atoms with van der Waals surface area (Å²) < 4.78 is 11.1. The predicted molar refractivity (Wildman–Crippen MR) is 78.1 cm³/mol. The molecule has 0 aliphatic carbocycles. The van der Waals surface area contributed by atoms with Gasteiger partial charge in [-0.2, -0.15) is 0 Å². The van der Waals surface area contributed by atoms with Crippen LogP contribution in [0.5, 0.6) is 11.5 Å². The summed E-state index contributed by atoms with van der Waals surface area (Å²) in [6, 6.07) is 6.25. The summed E-state index contributed by atoms with van der Waals surface area (Å²) in [5, 5.41) is 3.50. The third-order valence-corrected chi connectivity index (χ3v) is 3.40. The predicted octanol–water partition coefficient (Wildman–Crippen LogP) is 3.17. The maximum Gasteiger partial charge on any atom is 0.161 e. The van der Waals surface area contributed by atoms with Crippen molar-refractivity contribution < 1.29 is 9.47 Å². The van der Waals surface area contributed by atoms with Crippen LogP contribution in [-0.2, 0) is 6.42 Å². The molecular formula is C16H25NO2. The van der Waals surface area contributed by atoms with Crippen LogP contribution >= 0.6 is 0 Å². The number of nitrogens with one attached hydrogen (secondary N) is 1. The monoisotopic (exact) mass is 263 g/mol. The van der Waals surface area contributed by atoms with E-state index in [0.29, 0.717) is 13.2 Å². The maximum absolute atomic E-state index is 5.59. The van der Waals surface area contributed by atoms with E-state index in [-0.39, 0.29) is 0 Å². The quantitative estimate of drug-likeness (QED) is 0.731. The van der Waals surface area contributed by atoms with Crippen LogP contribution in [0.3, 0.4) is 0 Å². The van der Waals surface area contributed by atoms with E-state index in [2.05, 4.69) is 24.4 Å². The number of hydrogen-bond acceptors (Lipinski definition) is 3. The first-order chi connectivity index (χ1) is 9.40. The highest BCUT2D eigenvalue weighted by Crippen LogP contribution is 2.30. The fourth-order valence-electron chi connectivity index (χ4n) is 2.28. The molecule has 19 heavy (non-hydrogen) atoms. The van der Waals surface area contributed by atoms with E-state index in [4.69, 9.17) is 9.47 Å². The van der Waals surface area contributed by atoms with E-state index in [1.54, 1.807) is 0 Å². The van der Waals surface area contributed by atoms with E-state index >= 15 is 0 Å². The molecule has 0 aromatic heterocycles. The average molecular weight is 263 g/mol. The van der Waals surface area contributed by atoms with Crippen LogP contribution in [0.2, 0.25) is 0 Å². The van der Waals surface area contributed by atoms with Crippen molar-refractivity contribution in [3.8, 4) is 11.5 Å². The maximum atomic E-state index is 5.59. The van der Waals surface area contributed by atoms with Gasteiger partial charge < -0.3 is 14.8 Å². The van der Waals surface area contributed by atoms with E-state index in [1.165, 1.54) is 31.2 Å². The fraction of sp³-hybridized carbons (Fsp3) is 0.625. The van der Waals surface area contributed by atoms with Gasteiger partial charge in [-0.25, -0.2) is 0 Å². The molecule has 106 valence electrons. The summed E-state index contributed by atoms with van der Waals surface area (Å²) in [4.78, 5) is 0. The molecule has 0 saturated carbocycles. The van der Waals surface area contributed by atoms with Crippen molar-refractivity contribution in [1.29, 1.82) is 0 Å². The standard InChI is InChI=1S/C16H25NO2/c1-2-3-4-5-9-17-10-8-14-6-7-15-16(13-14)19-12-11-18-15/h6-7,13,17H,2-5,8-12H2,1H3. The molecule has 1 heterocycles. The van der Waals surface area contributed by atoms with Gasteiger partial charge >= 0.3 is 0 Å². The molecule has 3 heteroatoms. The van der Waals surface area contributed by atoms with Gasteiger partial charge in [-0.3, -0.25) is 0 Å². The fourth-order valence-corrected chi connectivity index (χ4v) is 2.28. The Morgan fingerprint density at radius 3 is 2.68 bits per heavy atom. The highest BCUT2D eigenvalue weighted by Gasteiger charge is 2.11. The lowest BCUT2D eigenvalue weighted by Gasteiger charge is -2.18. The topological polar surface area (TPSA) is 30.5 Å². The van der Waals surface area contributed by atoms with Crippen LogP contribution in [0.25, 0.3) is 0 Å². The largest absolute Gasteiger partial charge is 0.486 e. The summed E-state index contributed by atoms with van der Waals surface area (Å²) in [5.74, 6) is 1.77. The molecule has 1 aliphatic heterocycles. The Morgan fingerprint density at radius 1 is 1.00 bits per heavy atom. The van der Waals surface area contributed by atoms with Gasteiger partial charge in [0.2, 0.25) is 0 Å². The molecule has 0 saturated heterocycles. The lowest BCUT2D eigenvalue weighted by molar-refractivity contribution is 0.171. The third kappa shape index (κ3) is 4.75. The molecule has 0 amide bonds. The van der Waals surface area contributed by atoms with Crippen molar-refractivity contribution in [3.63, 3.8) is 0 Å². The van der Waals surface area contributed by atoms with Gasteiger partial charge in [-0.1, -0.05) is 32.3 Å². The van der Waals surface area contributed by atoms with Gasteiger partial charge in [0.1, 0.15) is 13.2 Å². The summed E-state index contributed by atoms with van der Waals surface area (Å²) in [5.41, 5.74) is 1.31. The number of rotatable bonds is 8. The minimum atomic E-state index is 0.658. The van der Waals surface area contributed by atoms with E-state index < -0.39 is 0 Å². The summed E-state index contributed by atoms with van der Waals surface area (Å²) in [6.07, 6.45) is 6.33. The zero-order valence-corrected chi connectivity index (χ0v) is 11.9. The second-order valence-corrected chi connectivity index (χ2v) is 5.04. The van der Waals surface area contributed by atoms with Crippen molar-refractivity contribution in [1.82, 2.24) is 5.32 Å². The van der Waals surface area contributed by atoms with Crippen molar-refractivity contribution in [3.05, 3.63) is 23.8 Å². The molecule has 1 N–H and O–H groups in total. The van der Waals surface area contributed by atoms with Crippen LogP contribution in [0.15, 0.2) is 18.2 Å². The Hall–Kier alpha value is -1.22. The minimum absolute atomic E-state index is 0.658. The lowest BCUT2D eigenvalue weighted by atomic mass is 10.1. The Balaban J connectivity index is 1.66. The van der Waals surface area contributed by atoms with Gasteiger partial charge in [-0.15, -0.1) is 0 Å². The molecule has 0 fully saturated rings. The number of hydrogen-bond donors (Lipinski definition) is 1. The number of fused-ring (bicyclic) bond motifs is 1. The molecule has 0 unspecified atom stereocenters. The van der Waals surface area contributed by atoms with Crippen LogP contribution in [0.4, 0.5) is 0 Å². The Kier molecular flexibility index (Phi) is 6.02. The SMILES string of the molecule is CCCCCCNCCc1ccc2c(c1)OCCO2. The minimum Gasteiger partial charge on any atom is -0.486 e. The number of ether oxygens (including phenoxy) is 2. The van der Waals surface area contributed by atoms with Gasteiger partial charge in [0, 0.05) is 0 Å². The van der Waals surface area contributed by atoms with Gasteiger partial charge in [-0.05, 0) is 43.6 Å². The number of benzene rings is 1. The van der Waals surface area contributed by atoms with Crippen LogP contribution in [0.1, 0.15) is 38.2 Å². The van der Waals surface area contributed by atoms with Crippen LogP contribution in [0, 0.1) is 0 Å². The lowest BCUT2D eigenvalue weighted by Crippen LogP contribution is -2.19. The summed E-state index contributed by atoms with van der Waals surface area (Å²) in [6.45, 7) is 5.73. The van der Waals surface area contributed by atoms with Crippen LogP contribution < -0.4 is 14.8 Å². The van der Waals surface area contributed by atoms with Gasteiger partial charge in [0.05, 0.1) is 0 Å². The Labute approximate surface area is 116 Å². The molecule has 0 atom stereocenters. The summed E-state index contributed by atoms with van der Waals surface area (Å²) >= 11 is 0. The van der Waals surface area contributed by atoms with Gasteiger partial charge in [0.15, 0.2) is 11.5 Å². The molecule has 0 spiro atoms. The molecule has 0 radical (unpaired) electrons. The third-order valence-electron chi connectivity index (χ3n) is 3.40. The average Bonchev–Trinajstić information content (AvgIpc) is 2.46. The van der Waals surface area contributed by atoms with Crippen molar-refractivity contribution in [2.45, 2.75) is 39.0 Å². The zero-order valence-electron chi connectivity index (χ0n) is 11.9. The number of unbranched alkanes of at least 4 members (excludes halogenated alkanes) is 3. The Morgan fingerprint density at radius 2 is 1.84 bits per heavy atom. The molecule has 1 aromatic carbocycles. The first-order valence-corrected chi connectivity index (χ1v) is 7.49. The van der Waals surface area contributed by atoms with Crippen molar-refractivity contribution in [2.24, 2.45) is 0 Å². The second kappa shape index (κ2) is 8.05. The first-order valence-electron chi connectivity index (χ1n) is 7.49. The second-order valence-electron chi connectivity index (χ2n) is 5.04. The molecule has 0 bridgehead atoms.